The van der Waals surface area contributed by atoms with Crippen LogP contribution in [0.25, 0.3) is 0 Å². The van der Waals surface area contributed by atoms with Crippen LogP contribution in [0.1, 0.15) is 39.0 Å². The minimum absolute atomic E-state index is 0.000670. The molecule has 0 aromatic rings. The number of carbonyl (C=O) groups excluding carboxylic acids is 1. The number of piperidine rings is 1. The fourth-order valence-electron chi connectivity index (χ4n) is 3.50. The van der Waals surface area contributed by atoms with Crippen molar-refractivity contribution in [2.75, 3.05) is 18.6 Å². The lowest BCUT2D eigenvalue weighted by atomic mass is 9.92. The van der Waals surface area contributed by atoms with Gasteiger partial charge in [-0.2, -0.15) is 0 Å². The molecule has 0 aromatic heterocycles. The van der Waals surface area contributed by atoms with Crippen LogP contribution < -0.4 is 5.32 Å². The summed E-state index contributed by atoms with van der Waals surface area (Å²) in [5.41, 5.74) is 0. The predicted molar refractivity (Wildman–Crippen MR) is 74.8 cm³/mol. The Labute approximate surface area is 115 Å². The molecule has 2 rings (SSSR count). The van der Waals surface area contributed by atoms with Gasteiger partial charge in [0.05, 0.1) is 5.75 Å². The van der Waals surface area contributed by atoms with E-state index in [9.17, 15) is 13.2 Å². The van der Waals surface area contributed by atoms with Gasteiger partial charge in [-0.1, -0.05) is 6.42 Å². The number of urea groups is 1. The van der Waals surface area contributed by atoms with Crippen LogP contribution in [-0.4, -0.2) is 50.0 Å². The fraction of sp³-hybridized carbons (Fsp3) is 0.923. The number of hydrogen-bond acceptors (Lipinski definition) is 3. The number of likely N-dealkylation sites (tertiary alicyclic amines) is 1. The maximum atomic E-state index is 12.3. The zero-order valence-corrected chi connectivity index (χ0v) is 12.6. The number of hydrogen-bond donors (Lipinski definition) is 1. The first-order chi connectivity index (χ1) is 8.87. The van der Waals surface area contributed by atoms with E-state index < -0.39 is 9.84 Å². The van der Waals surface area contributed by atoms with E-state index in [-0.39, 0.29) is 17.8 Å². The molecule has 0 radical (unpaired) electrons. The molecular weight excluding hydrogens is 264 g/mol. The molecule has 1 N–H and O–H groups in total. The van der Waals surface area contributed by atoms with Crippen LogP contribution in [0.2, 0.25) is 0 Å². The molecule has 19 heavy (non-hydrogen) atoms. The molecule has 2 amide bonds. The molecule has 3 unspecified atom stereocenters. The largest absolute Gasteiger partial charge is 0.335 e. The highest BCUT2D eigenvalue weighted by molar-refractivity contribution is 7.90. The van der Waals surface area contributed by atoms with E-state index in [2.05, 4.69) is 5.32 Å². The predicted octanol–water partition coefficient (Wildman–Crippen LogP) is 1.39. The zero-order chi connectivity index (χ0) is 14.0. The Balaban J connectivity index is 1.92. The number of rotatable bonds is 3. The molecule has 0 spiro atoms. The second kappa shape index (κ2) is 5.69. The molecule has 1 saturated heterocycles. The van der Waals surface area contributed by atoms with Crippen molar-refractivity contribution in [1.82, 2.24) is 10.2 Å². The van der Waals surface area contributed by atoms with Crippen molar-refractivity contribution < 1.29 is 13.2 Å². The van der Waals surface area contributed by atoms with Crippen molar-refractivity contribution in [2.24, 2.45) is 5.92 Å². The molecule has 5 nitrogen and oxygen atoms in total. The number of amides is 2. The van der Waals surface area contributed by atoms with Crippen molar-refractivity contribution >= 4 is 15.9 Å². The summed E-state index contributed by atoms with van der Waals surface area (Å²) >= 11 is 0. The van der Waals surface area contributed by atoms with Crippen LogP contribution in [0.4, 0.5) is 4.79 Å². The number of nitrogens with one attached hydrogen (secondary N) is 1. The Morgan fingerprint density at radius 2 is 2.00 bits per heavy atom. The van der Waals surface area contributed by atoms with E-state index in [1.54, 1.807) is 6.92 Å². The Morgan fingerprint density at radius 3 is 2.68 bits per heavy atom. The summed E-state index contributed by atoms with van der Waals surface area (Å²) in [4.78, 5) is 14.2. The second-order valence-electron chi connectivity index (χ2n) is 6.04. The van der Waals surface area contributed by atoms with Crippen LogP contribution in [0.3, 0.4) is 0 Å². The van der Waals surface area contributed by atoms with E-state index in [1.807, 2.05) is 4.90 Å². The van der Waals surface area contributed by atoms with Crippen LogP contribution in [0.15, 0.2) is 0 Å². The molecule has 1 heterocycles. The summed E-state index contributed by atoms with van der Waals surface area (Å²) in [5, 5.41) is 2.83. The molecular formula is C13H24N2O3S. The maximum Gasteiger partial charge on any atom is 0.317 e. The molecule has 0 bridgehead atoms. The molecule has 2 aliphatic rings. The van der Waals surface area contributed by atoms with Crippen LogP contribution in [0.5, 0.6) is 0 Å². The van der Waals surface area contributed by atoms with Gasteiger partial charge >= 0.3 is 6.03 Å². The Kier molecular flexibility index (Phi) is 4.38. The standard InChI is InChI=1S/C13H24N2O3S/c1-10(9-19(2,17)18)14-13(16)15-8-4-6-11-5-3-7-12(11)15/h10-12H,3-9H2,1-2H3,(H,14,16). The van der Waals surface area contributed by atoms with E-state index in [0.29, 0.717) is 12.0 Å². The van der Waals surface area contributed by atoms with Gasteiger partial charge in [0, 0.05) is 24.9 Å². The zero-order valence-electron chi connectivity index (χ0n) is 11.8. The first-order valence-electron chi connectivity index (χ1n) is 7.11. The van der Waals surface area contributed by atoms with Gasteiger partial charge < -0.3 is 10.2 Å². The van der Waals surface area contributed by atoms with Gasteiger partial charge in [0.2, 0.25) is 0 Å². The molecule has 2 fully saturated rings. The van der Waals surface area contributed by atoms with Crippen LogP contribution >= 0.6 is 0 Å². The summed E-state index contributed by atoms with van der Waals surface area (Å²) < 4.78 is 22.4. The highest BCUT2D eigenvalue weighted by Gasteiger charge is 2.37. The lowest BCUT2D eigenvalue weighted by Gasteiger charge is -2.38. The van der Waals surface area contributed by atoms with E-state index in [0.717, 1.165) is 19.4 Å². The Bertz CT molecular complexity index is 435. The van der Waals surface area contributed by atoms with Crippen LogP contribution in [0, 0.1) is 5.92 Å². The van der Waals surface area contributed by atoms with Crippen LogP contribution in [-0.2, 0) is 9.84 Å². The fourth-order valence-corrected chi connectivity index (χ4v) is 4.49. The van der Waals surface area contributed by atoms with Gasteiger partial charge in [0.1, 0.15) is 9.84 Å². The van der Waals surface area contributed by atoms with Gasteiger partial charge in [0.25, 0.3) is 0 Å². The van der Waals surface area contributed by atoms with Gasteiger partial charge in [-0.25, -0.2) is 13.2 Å². The number of carbonyl (C=O) groups is 1. The summed E-state index contributed by atoms with van der Waals surface area (Å²) in [6.45, 7) is 2.55. The van der Waals surface area contributed by atoms with Crippen molar-refractivity contribution in [3.8, 4) is 0 Å². The topological polar surface area (TPSA) is 66.5 Å². The smallest absolute Gasteiger partial charge is 0.317 e. The quantitative estimate of drug-likeness (QED) is 0.853. The molecule has 1 aliphatic heterocycles. The Hall–Kier alpha value is -0.780. The van der Waals surface area contributed by atoms with Crippen molar-refractivity contribution in [3.05, 3.63) is 0 Å². The minimum atomic E-state index is -3.05. The molecule has 110 valence electrons. The number of fused-ring (bicyclic) bond motifs is 1. The maximum absolute atomic E-state index is 12.3. The molecule has 0 aromatic carbocycles. The number of sulfone groups is 1. The lowest BCUT2D eigenvalue weighted by molar-refractivity contribution is 0.127. The third kappa shape index (κ3) is 3.84. The summed E-state index contributed by atoms with van der Waals surface area (Å²) in [7, 11) is -3.05. The van der Waals surface area contributed by atoms with E-state index in [4.69, 9.17) is 0 Å². The van der Waals surface area contributed by atoms with Gasteiger partial charge in [-0.05, 0) is 38.5 Å². The van der Waals surface area contributed by atoms with Gasteiger partial charge in [0.15, 0.2) is 0 Å². The third-order valence-electron chi connectivity index (χ3n) is 4.18. The highest BCUT2D eigenvalue weighted by atomic mass is 32.2. The average molecular weight is 288 g/mol. The highest BCUT2D eigenvalue weighted by Crippen LogP contribution is 2.36. The second-order valence-corrected chi connectivity index (χ2v) is 8.22. The lowest BCUT2D eigenvalue weighted by Crippen LogP contribution is -2.53. The van der Waals surface area contributed by atoms with E-state index >= 15 is 0 Å². The normalized spacial score (nSPS) is 28.8. The first kappa shape index (κ1) is 14.6. The van der Waals surface area contributed by atoms with Gasteiger partial charge in [-0.15, -0.1) is 0 Å². The molecule has 1 aliphatic carbocycles. The molecule has 6 heteroatoms. The van der Waals surface area contributed by atoms with E-state index in [1.165, 1.54) is 25.5 Å². The summed E-state index contributed by atoms with van der Waals surface area (Å²) in [5.74, 6) is 0.658. The average Bonchev–Trinajstić information content (AvgIpc) is 2.73. The monoisotopic (exact) mass is 288 g/mol. The summed E-state index contributed by atoms with van der Waals surface area (Å²) in [6.07, 6.45) is 7.02. The van der Waals surface area contributed by atoms with Crippen molar-refractivity contribution in [3.63, 3.8) is 0 Å². The first-order valence-corrected chi connectivity index (χ1v) is 9.18. The van der Waals surface area contributed by atoms with Crippen molar-refractivity contribution in [1.29, 1.82) is 0 Å². The number of nitrogens with zero attached hydrogens (tertiary/aromatic N) is 1. The SMILES string of the molecule is CC(CS(C)(=O)=O)NC(=O)N1CCCC2CCCC21. The third-order valence-corrected chi connectivity index (χ3v) is 5.28. The Morgan fingerprint density at radius 1 is 1.32 bits per heavy atom. The molecule has 3 atom stereocenters. The summed E-state index contributed by atoms with van der Waals surface area (Å²) in [6, 6.07) is -0.0452. The van der Waals surface area contributed by atoms with Crippen molar-refractivity contribution in [2.45, 2.75) is 51.1 Å². The van der Waals surface area contributed by atoms with Gasteiger partial charge in [-0.3, -0.25) is 0 Å². The molecule has 1 saturated carbocycles. The minimum Gasteiger partial charge on any atom is -0.335 e.